The van der Waals surface area contributed by atoms with Gasteiger partial charge in [0, 0.05) is 11.6 Å². The van der Waals surface area contributed by atoms with Crippen LogP contribution in [0.1, 0.15) is 93.9 Å². The molecule has 2 aliphatic rings. The largest absolute Gasteiger partial charge is 0.379 e. The van der Waals surface area contributed by atoms with E-state index in [2.05, 4.69) is 37.9 Å². The van der Waals surface area contributed by atoms with Gasteiger partial charge < -0.3 is 5.32 Å². The van der Waals surface area contributed by atoms with Crippen LogP contribution < -0.4 is 5.32 Å². The zero-order valence-electron chi connectivity index (χ0n) is 18.0. The van der Waals surface area contributed by atoms with Gasteiger partial charge >= 0.3 is 6.68 Å². The van der Waals surface area contributed by atoms with Crippen LogP contribution in [0, 0.1) is 5.92 Å². The fourth-order valence-electron chi connectivity index (χ4n) is 3.95. The zero-order chi connectivity index (χ0) is 22.1. The molecular weight excluding hydrogens is 389 g/mol. The number of halogens is 3. The lowest BCUT2D eigenvalue weighted by molar-refractivity contribution is -0.111. The molecule has 0 radical (unpaired) electrons. The molecule has 0 aliphatic heterocycles. The number of carbonyl (C=O) groups is 1. The van der Waals surface area contributed by atoms with Crippen LogP contribution in [0.25, 0.3) is 6.08 Å². The fourth-order valence-corrected chi connectivity index (χ4v) is 3.95. The highest BCUT2D eigenvalue weighted by Gasteiger charge is 2.30. The van der Waals surface area contributed by atoms with Gasteiger partial charge in [-0.1, -0.05) is 51.8 Å². The predicted octanol–water partition coefficient (Wildman–Crippen LogP) is 7.37. The molecule has 1 atom stereocenters. The number of amides is 1. The molecule has 3 nitrogen and oxygen atoms in total. The van der Waals surface area contributed by atoms with E-state index in [4.69, 9.17) is 4.98 Å². The Kier molecular flexibility index (Phi) is 9.60. The number of pyridine rings is 1. The van der Waals surface area contributed by atoms with Crippen LogP contribution >= 0.6 is 0 Å². The normalized spacial score (nSPS) is 18.1. The highest BCUT2D eigenvalue weighted by molar-refractivity contribution is 5.98. The molecule has 2 saturated carbocycles. The van der Waals surface area contributed by atoms with Crippen LogP contribution in [0.2, 0.25) is 0 Å². The molecule has 0 saturated heterocycles. The quantitative estimate of drug-likeness (QED) is 0.466. The summed E-state index contributed by atoms with van der Waals surface area (Å²) in [5.41, 5.74) is 3.82. The third kappa shape index (κ3) is 7.62. The molecule has 166 valence electrons. The molecule has 2 fully saturated rings. The molecule has 1 aromatic rings. The average Bonchev–Trinajstić information content (AvgIpc) is 3.57. The number of nitrogens with one attached hydrogen (secondary N) is 1. The van der Waals surface area contributed by atoms with E-state index < -0.39 is 6.68 Å². The second-order valence-electron chi connectivity index (χ2n) is 8.18. The van der Waals surface area contributed by atoms with Crippen LogP contribution in [0.15, 0.2) is 24.8 Å². The topological polar surface area (TPSA) is 42.0 Å². The number of allylic oxidation sites excluding steroid dienone is 1. The van der Waals surface area contributed by atoms with E-state index in [1.165, 1.54) is 67.8 Å². The van der Waals surface area contributed by atoms with Gasteiger partial charge in [0.2, 0.25) is 5.91 Å². The number of rotatable bonds is 7. The van der Waals surface area contributed by atoms with Gasteiger partial charge in [0.25, 0.3) is 0 Å². The molecule has 2 aliphatic carbocycles. The summed E-state index contributed by atoms with van der Waals surface area (Å²) < 4.78 is 29.0. The minimum absolute atomic E-state index is 0.197. The average molecular weight is 423 g/mol. The second kappa shape index (κ2) is 11.9. The van der Waals surface area contributed by atoms with Gasteiger partial charge in [-0.3, -0.25) is 4.79 Å². The molecule has 1 amide bonds. The Labute approximate surface area is 177 Å². The number of carbonyl (C=O) groups excluding carboxylic acids is 1. The molecule has 1 aromatic heterocycles. The van der Waals surface area contributed by atoms with Crippen molar-refractivity contribution in [2.75, 3.05) is 5.32 Å². The van der Waals surface area contributed by atoms with E-state index in [1.54, 1.807) is 0 Å². The van der Waals surface area contributed by atoms with E-state index in [1.807, 2.05) is 6.07 Å². The molecule has 3 rings (SSSR count). The number of nitrogens with zero attached hydrogens (tertiary/aromatic N) is 1. The number of aromatic nitrogens is 1. The van der Waals surface area contributed by atoms with Gasteiger partial charge in [0.05, 0.1) is 0 Å². The van der Waals surface area contributed by atoms with Crippen molar-refractivity contribution >= 4 is 17.8 Å². The van der Waals surface area contributed by atoms with E-state index in [0.717, 1.165) is 6.42 Å². The van der Waals surface area contributed by atoms with E-state index in [-0.39, 0.29) is 5.91 Å². The number of alkyl halides is 3. The summed E-state index contributed by atoms with van der Waals surface area (Å²) in [4.78, 5) is 16.6. The lowest BCUT2D eigenvalue weighted by Crippen LogP contribution is -2.12. The highest BCUT2D eigenvalue weighted by Crippen LogP contribution is 2.44. The number of hydrogen-bond donors (Lipinski definition) is 1. The van der Waals surface area contributed by atoms with Crippen LogP contribution in [-0.2, 0) is 4.79 Å². The zero-order valence-corrected chi connectivity index (χ0v) is 18.0. The Hall–Kier alpha value is -2.11. The van der Waals surface area contributed by atoms with E-state index in [0.29, 0.717) is 23.6 Å². The van der Waals surface area contributed by atoms with Gasteiger partial charge in [-0.05, 0) is 67.2 Å². The molecule has 6 heteroatoms. The highest BCUT2D eigenvalue weighted by atomic mass is 19.4. The first-order valence-corrected chi connectivity index (χ1v) is 10.9. The van der Waals surface area contributed by atoms with Crippen molar-refractivity contribution in [1.29, 1.82) is 0 Å². The molecule has 30 heavy (non-hydrogen) atoms. The Morgan fingerprint density at radius 2 is 1.87 bits per heavy atom. The second-order valence-corrected chi connectivity index (χ2v) is 8.18. The maximum absolute atomic E-state index is 11.8. The van der Waals surface area contributed by atoms with Crippen LogP contribution in [0.5, 0.6) is 0 Å². The standard InChI is InChI=1S/C23H32N2O.CHF3/c1-4-16(3)22-19(12-11-17-9-7-6-8-10-17)15-20(24-21(26)5-2)25-23(22)18-13-14-18;2-1(3)4/h5,11-12,15-18H,2,4,6-10,13-14H2,1,3H3,(H,24,25,26);1H/b12-11+;. The third-order valence-electron chi connectivity index (χ3n) is 5.82. The van der Waals surface area contributed by atoms with Crippen molar-refractivity contribution in [2.24, 2.45) is 5.92 Å². The first-order valence-electron chi connectivity index (χ1n) is 10.9. The third-order valence-corrected chi connectivity index (χ3v) is 5.82. The van der Waals surface area contributed by atoms with Gasteiger partial charge in [0.1, 0.15) is 5.82 Å². The van der Waals surface area contributed by atoms with Gasteiger partial charge in [-0.25, -0.2) is 4.98 Å². The Balaban J connectivity index is 0.000000735. The Morgan fingerprint density at radius 3 is 2.40 bits per heavy atom. The van der Waals surface area contributed by atoms with Gasteiger partial charge in [-0.15, -0.1) is 0 Å². The van der Waals surface area contributed by atoms with Gasteiger partial charge in [-0.2, -0.15) is 13.2 Å². The summed E-state index contributed by atoms with van der Waals surface area (Å²) in [6.45, 7) is 4.42. The SMILES string of the molecule is C=CC(=O)Nc1cc(/C=C/C2CCCCC2)c(C(C)CC)c(C2CC2)n1.FC(F)F. The minimum Gasteiger partial charge on any atom is -0.307 e. The maximum Gasteiger partial charge on any atom is 0.379 e. The van der Waals surface area contributed by atoms with E-state index >= 15 is 0 Å². The summed E-state index contributed by atoms with van der Waals surface area (Å²) in [6, 6.07) is 2.05. The van der Waals surface area contributed by atoms with Crippen molar-refractivity contribution in [2.45, 2.75) is 83.7 Å². The minimum atomic E-state index is -3.67. The van der Waals surface area contributed by atoms with Crippen molar-refractivity contribution in [3.8, 4) is 0 Å². The first-order chi connectivity index (χ1) is 14.3. The lowest BCUT2D eigenvalue weighted by Gasteiger charge is -2.21. The smallest absolute Gasteiger partial charge is 0.307 e. The van der Waals surface area contributed by atoms with Crippen molar-refractivity contribution in [3.63, 3.8) is 0 Å². The lowest BCUT2D eigenvalue weighted by atomic mass is 9.87. The molecule has 1 heterocycles. The first kappa shape index (κ1) is 24.2. The molecule has 0 bridgehead atoms. The molecule has 0 aromatic carbocycles. The van der Waals surface area contributed by atoms with Gasteiger partial charge in [0.15, 0.2) is 0 Å². The Bertz CT molecular complexity index is 735. The summed E-state index contributed by atoms with van der Waals surface area (Å²) in [5.74, 6) is 2.19. The van der Waals surface area contributed by atoms with E-state index in [9.17, 15) is 18.0 Å². The van der Waals surface area contributed by atoms with Crippen LogP contribution in [0.3, 0.4) is 0 Å². The number of hydrogen-bond acceptors (Lipinski definition) is 2. The van der Waals surface area contributed by atoms with Crippen LogP contribution in [0.4, 0.5) is 19.0 Å². The number of anilines is 1. The van der Waals surface area contributed by atoms with Crippen molar-refractivity contribution in [1.82, 2.24) is 4.98 Å². The molecule has 0 spiro atoms. The summed E-state index contributed by atoms with van der Waals surface area (Å²) >= 11 is 0. The molecular formula is C24H33F3N2O. The summed E-state index contributed by atoms with van der Waals surface area (Å²) in [7, 11) is 0. The maximum atomic E-state index is 11.8. The predicted molar refractivity (Wildman–Crippen MR) is 116 cm³/mol. The summed E-state index contributed by atoms with van der Waals surface area (Å²) in [6.07, 6.45) is 16.2. The summed E-state index contributed by atoms with van der Waals surface area (Å²) in [5, 5.41) is 2.88. The monoisotopic (exact) mass is 422 g/mol. The fraction of sp³-hybridized carbons (Fsp3) is 0.583. The Morgan fingerprint density at radius 1 is 1.23 bits per heavy atom. The van der Waals surface area contributed by atoms with Crippen molar-refractivity contribution in [3.05, 3.63) is 41.6 Å². The van der Waals surface area contributed by atoms with Crippen LogP contribution in [-0.4, -0.2) is 17.6 Å². The molecule has 1 unspecified atom stereocenters. The molecule has 1 N–H and O–H groups in total. The van der Waals surface area contributed by atoms with Crippen molar-refractivity contribution < 1.29 is 18.0 Å².